The van der Waals surface area contributed by atoms with E-state index >= 15 is 0 Å². The van der Waals surface area contributed by atoms with Crippen molar-refractivity contribution in [2.45, 2.75) is 45.0 Å². The van der Waals surface area contributed by atoms with Crippen molar-refractivity contribution in [1.82, 2.24) is 29.9 Å². The molecule has 3 aromatic rings. The zero-order valence-corrected chi connectivity index (χ0v) is 15.9. The number of halogens is 1. The minimum absolute atomic E-state index is 0.0760. The molecule has 8 heteroatoms. The molecular formula is C19H23ClN6O. The molecule has 1 aliphatic rings. The molecule has 0 radical (unpaired) electrons. The summed E-state index contributed by atoms with van der Waals surface area (Å²) in [6.07, 6.45) is 10.3. The largest absolute Gasteiger partial charge is 0.391 e. The van der Waals surface area contributed by atoms with E-state index in [1.807, 2.05) is 36.3 Å². The number of aromatic nitrogens is 5. The minimum atomic E-state index is -0.349. The summed E-state index contributed by atoms with van der Waals surface area (Å²) in [6.45, 7) is 3.49. The highest BCUT2D eigenvalue weighted by Gasteiger charge is 2.32. The van der Waals surface area contributed by atoms with Gasteiger partial charge in [0.05, 0.1) is 17.3 Å². The molecule has 0 amide bonds. The first kappa shape index (κ1) is 18.2. The average Bonchev–Trinajstić information content (AvgIpc) is 3.36. The van der Waals surface area contributed by atoms with Crippen molar-refractivity contribution in [2.75, 3.05) is 0 Å². The summed E-state index contributed by atoms with van der Waals surface area (Å²) in [7, 11) is 0. The van der Waals surface area contributed by atoms with E-state index in [0.29, 0.717) is 17.5 Å². The maximum absolute atomic E-state index is 10.4. The fourth-order valence-electron chi connectivity index (χ4n) is 3.79. The van der Waals surface area contributed by atoms with Crippen LogP contribution in [0, 0.1) is 12.8 Å². The summed E-state index contributed by atoms with van der Waals surface area (Å²) in [4.78, 5) is 4.53. The van der Waals surface area contributed by atoms with Crippen molar-refractivity contribution in [3.8, 4) is 5.82 Å². The van der Waals surface area contributed by atoms with Crippen LogP contribution in [0.4, 0.5) is 0 Å². The lowest BCUT2D eigenvalue weighted by Gasteiger charge is -2.17. The predicted octanol–water partition coefficient (Wildman–Crippen LogP) is 2.35. The topological polar surface area (TPSA) is 80.8 Å². The van der Waals surface area contributed by atoms with Gasteiger partial charge < -0.3 is 10.4 Å². The minimum Gasteiger partial charge on any atom is -0.391 e. The second-order valence-corrected chi connectivity index (χ2v) is 7.64. The van der Waals surface area contributed by atoms with Crippen LogP contribution < -0.4 is 5.32 Å². The second-order valence-electron chi connectivity index (χ2n) is 7.21. The normalized spacial score (nSPS) is 22.4. The lowest BCUT2D eigenvalue weighted by Crippen LogP contribution is -2.35. The van der Waals surface area contributed by atoms with Gasteiger partial charge in [0.15, 0.2) is 5.82 Å². The highest BCUT2D eigenvalue weighted by Crippen LogP contribution is 2.28. The number of rotatable bonds is 6. The smallest absolute Gasteiger partial charge is 0.156 e. The van der Waals surface area contributed by atoms with E-state index in [9.17, 15) is 5.11 Å². The molecule has 0 bridgehead atoms. The third-order valence-corrected chi connectivity index (χ3v) is 5.27. The quantitative estimate of drug-likeness (QED) is 0.679. The molecule has 0 aromatic carbocycles. The summed E-state index contributed by atoms with van der Waals surface area (Å²) >= 11 is 5.92. The fraction of sp³-hybridized carbons (Fsp3) is 0.421. The Labute approximate surface area is 163 Å². The van der Waals surface area contributed by atoms with Crippen molar-refractivity contribution in [2.24, 2.45) is 5.92 Å². The van der Waals surface area contributed by atoms with Gasteiger partial charge >= 0.3 is 0 Å². The van der Waals surface area contributed by atoms with E-state index in [0.717, 1.165) is 36.3 Å². The maximum atomic E-state index is 10.4. The average molecular weight is 387 g/mol. The van der Waals surface area contributed by atoms with Crippen LogP contribution in [0.2, 0.25) is 5.02 Å². The molecule has 1 saturated carbocycles. The Bertz CT molecular complexity index is 894. The van der Waals surface area contributed by atoms with E-state index in [-0.39, 0.29) is 12.1 Å². The number of hydrogen-bond acceptors (Lipinski definition) is 5. The maximum Gasteiger partial charge on any atom is 0.156 e. The van der Waals surface area contributed by atoms with E-state index in [2.05, 4.69) is 26.6 Å². The summed E-state index contributed by atoms with van der Waals surface area (Å²) in [5.74, 6) is 1.22. The molecule has 1 unspecified atom stereocenters. The molecule has 142 valence electrons. The Hall–Kier alpha value is -2.22. The van der Waals surface area contributed by atoms with Crippen molar-refractivity contribution < 1.29 is 5.11 Å². The molecule has 1 aliphatic carbocycles. The SMILES string of the molecule is Cc1cc(CN[C@@H]2CC(Cn3cc(Cl)cn3)C[C@H]2O)cnc1-n1cccn1. The molecule has 4 rings (SSSR count). The van der Waals surface area contributed by atoms with Gasteiger partial charge in [0, 0.05) is 43.9 Å². The van der Waals surface area contributed by atoms with Crippen LogP contribution in [-0.4, -0.2) is 41.8 Å². The molecular weight excluding hydrogens is 364 g/mol. The highest BCUT2D eigenvalue weighted by atomic mass is 35.5. The predicted molar refractivity (Wildman–Crippen MR) is 103 cm³/mol. The third-order valence-electron chi connectivity index (χ3n) is 5.07. The van der Waals surface area contributed by atoms with Crippen LogP contribution in [0.1, 0.15) is 24.0 Å². The first-order valence-corrected chi connectivity index (χ1v) is 9.51. The van der Waals surface area contributed by atoms with Crippen molar-refractivity contribution >= 4 is 11.6 Å². The summed E-state index contributed by atoms with van der Waals surface area (Å²) in [6, 6.07) is 4.07. The van der Waals surface area contributed by atoms with Crippen LogP contribution in [0.15, 0.2) is 43.1 Å². The highest BCUT2D eigenvalue weighted by molar-refractivity contribution is 6.30. The Morgan fingerprint density at radius 1 is 1.30 bits per heavy atom. The van der Waals surface area contributed by atoms with Gasteiger partial charge in [0.2, 0.25) is 0 Å². The zero-order chi connectivity index (χ0) is 18.8. The number of aliphatic hydroxyl groups excluding tert-OH is 1. The zero-order valence-electron chi connectivity index (χ0n) is 15.2. The molecule has 3 heterocycles. The molecule has 0 saturated heterocycles. The monoisotopic (exact) mass is 386 g/mol. The molecule has 3 aromatic heterocycles. The van der Waals surface area contributed by atoms with Crippen LogP contribution in [-0.2, 0) is 13.1 Å². The van der Waals surface area contributed by atoms with Gasteiger partial charge in [-0.15, -0.1) is 0 Å². The lowest BCUT2D eigenvalue weighted by molar-refractivity contribution is 0.145. The van der Waals surface area contributed by atoms with E-state index in [1.165, 1.54) is 0 Å². The standard InChI is InChI=1S/C19H23ClN6O/c1-13-5-15(9-22-19(13)26-4-2-3-23-26)8-21-17-6-14(7-18(17)27)11-25-12-16(20)10-24-25/h2-5,9-10,12,14,17-18,21,27H,6-8,11H2,1H3/t14?,17-,18-/m1/s1. The number of nitrogens with zero attached hydrogens (tertiary/aromatic N) is 5. The van der Waals surface area contributed by atoms with Crippen LogP contribution in [0.5, 0.6) is 0 Å². The Kier molecular flexibility index (Phi) is 5.24. The van der Waals surface area contributed by atoms with Crippen LogP contribution in [0.3, 0.4) is 0 Å². The summed E-state index contributed by atoms with van der Waals surface area (Å²) < 4.78 is 3.61. The van der Waals surface area contributed by atoms with E-state index < -0.39 is 0 Å². The van der Waals surface area contributed by atoms with Gasteiger partial charge in [-0.05, 0) is 48.9 Å². The van der Waals surface area contributed by atoms with Crippen molar-refractivity contribution in [1.29, 1.82) is 0 Å². The van der Waals surface area contributed by atoms with E-state index in [4.69, 9.17) is 11.6 Å². The first-order chi connectivity index (χ1) is 13.1. The third kappa shape index (κ3) is 4.21. The first-order valence-electron chi connectivity index (χ1n) is 9.13. The molecule has 3 atom stereocenters. The van der Waals surface area contributed by atoms with Crippen molar-refractivity contribution in [3.63, 3.8) is 0 Å². The van der Waals surface area contributed by atoms with Gasteiger partial charge in [0.1, 0.15) is 0 Å². The van der Waals surface area contributed by atoms with E-state index in [1.54, 1.807) is 17.1 Å². The van der Waals surface area contributed by atoms with Gasteiger partial charge in [-0.2, -0.15) is 10.2 Å². The second kappa shape index (κ2) is 7.80. The molecule has 1 fully saturated rings. The van der Waals surface area contributed by atoms with Gasteiger partial charge in [-0.25, -0.2) is 9.67 Å². The molecule has 7 nitrogen and oxygen atoms in total. The van der Waals surface area contributed by atoms with Crippen LogP contribution >= 0.6 is 11.6 Å². The van der Waals surface area contributed by atoms with Crippen molar-refractivity contribution in [3.05, 3.63) is 59.3 Å². The Morgan fingerprint density at radius 2 is 2.19 bits per heavy atom. The molecule has 27 heavy (non-hydrogen) atoms. The number of nitrogens with one attached hydrogen (secondary N) is 1. The Balaban J connectivity index is 1.34. The van der Waals surface area contributed by atoms with Crippen LogP contribution in [0.25, 0.3) is 5.82 Å². The fourth-order valence-corrected chi connectivity index (χ4v) is 3.95. The number of aryl methyl sites for hydroxylation is 1. The molecule has 2 N–H and O–H groups in total. The lowest BCUT2D eigenvalue weighted by atomic mass is 10.1. The summed E-state index contributed by atoms with van der Waals surface area (Å²) in [5.41, 5.74) is 2.16. The van der Waals surface area contributed by atoms with Gasteiger partial charge in [0.25, 0.3) is 0 Å². The van der Waals surface area contributed by atoms with Gasteiger partial charge in [-0.1, -0.05) is 11.6 Å². The number of hydrogen-bond donors (Lipinski definition) is 2. The Morgan fingerprint density at radius 3 is 2.89 bits per heavy atom. The van der Waals surface area contributed by atoms with Gasteiger partial charge in [-0.3, -0.25) is 4.68 Å². The molecule has 0 spiro atoms. The summed E-state index contributed by atoms with van der Waals surface area (Å²) in [5, 5.41) is 23.0. The number of pyridine rings is 1. The number of aliphatic hydroxyl groups is 1. The molecule has 0 aliphatic heterocycles.